The van der Waals surface area contributed by atoms with Crippen LogP contribution < -0.4 is 5.32 Å². The minimum absolute atomic E-state index is 0.529. The molecule has 0 saturated heterocycles. The lowest BCUT2D eigenvalue weighted by Gasteiger charge is -2.26. The van der Waals surface area contributed by atoms with Crippen molar-refractivity contribution in [3.8, 4) is 0 Å². The van der Waals surface area contributed by atoms with Gasteiger partial charge in [-0.3, -0.25) is 0 Å². The molecular formula is C16H26ClN. The average Bonchev–Trinajstić information content (AvgIpc) is 2.40. The van der Waals surface area contributed by atoms with Crippen LogP contribution in [0.3, 0.4) is 0 Å². The number of halogens is 1. The minimum atomic E-state index is 0.529. The van der Waals surface area contributed by atoms with E-state index in [9.17, 15) is 0 Å². The summed E-state index contributed by atoms with van der Waals surface area (Å²) in [4.78, 5) is 0. The maximum atomic E-state index is 6.25. The first-order valence-electron chi connectivity index (χ1n) is 7.13. The molecule has 0 amide bonds. The summed E-state index contributed by atoms with van der Waals surface area (Å²) >= 11 is 6.25. The highest BCUT2D eigenvalue weighted by atomic mass is 35.5. The minimum Gasteiger partial charge on any atom is -0.316 e. The summed E-state index contributed by atoms with van der Waals surface area (Å²) in [5.41, 5.74) is 1.26. The van der Waals surface area contributed by atoms with Crippen molar-refractivity contribution in [1.82, 2.24) is 5.32 Å². The van der Waals surface area contributed by atoms with E-state index in [1.165, 1.54) is 31.2 Å². The molecular weight excluding hydrogens is 242 g/mol. The second kappa shape index (κ2) is 8.55. The Morgan fingerprint density at radius 3 is 2.50 bits per heavy atom. The SMILES string of the molecule is CCCCC(CC)C(Cc1ccccc1Cl)NC. The van der Waals surface area contributed by atoms with E-state index >= 15 is 0 Å². The molecule has 0 radical (unpaired) electrons. The van der Waals surface area contributed by atoms with Crippen molar-refractivity contribution in [2.45, 2.75) is 52.0 Å². The molecule has 18 heavy (non-hydrogen) atoms. The van der Waals surface area contributed by atoms with E-state index in [2.05, 4.69) is 38.3 Å². The highest BCUT2D eigenvalue weighted by Crippen LogP contribution is 2.23. The van der Waals surface area contributed by atoms with Gasteiger partial charge >= 0.3 is 0 Å². The van der Waals surface area contributed by atoms with Crippen molar-refractivity contribution >= 4 is 11.6 Å². The zero-order chi connectivity index (χ0) is 13.4. The van der Waals surface area contributed by atoms with Crippen LogP contribution in [0.15, 0.2) is 24.3 Å². The van der Waals surface area contributed by atoms with Crippen molar-refractivity contribution in [2.24, 2.45) is 5.92 Å². The Labute approximate surface area is 117 Å². The molecule has 1 aromatic carbocycles. The van der Waals surface area contributed by atoms with E-state index in [0.29, 0.717) is 6.04 Å². The van der Waals surface area contributed by atoms with Gasteiger partial charge in [-0.15, -0.1) is 0 Å². The fourth-order valence-electron chi connectivity index (χ4n) is 2.56. The van der Waals surface area contributed by atoms with Crippen molar-refractivity contribution in [3.05, 3.63) is 34.9 Å². The summed E-state index contributed by atoms with van der Waals surface area (Å²) in [5.74, 6) is 0.742. The van der Waals surface area contributed by atoms with Crippen molar-refractivity contribution in [1.29, 1.82) is 0 Å². The van der Waals surface area contributed by atoms with Gasteiger partial charge in [-0.25, -0.2) is 0 Å². The summed E-state index contributed by atoms with van der Waals surface area (Å²) in [7, 11) is 2.07. The Morgan fingerprint density at radius 2 is 1.94 bits per heavy atom. The van der Waals surface area contributed by atoms with Crippen LogP contribution in [0.5, 0.6) is 0 Å². The van der Waals surface area contributed by atoms with Crippen molar-refractivity contribution in [3.63, 3.8) is 0 Å². The molecule has 2 heteroatoms. The Morgan fingerprint density at radius 1 is 1.22 bits per heavy atom. The quantitative estimate of drug-likeness (QED) is 0.721. The van der Waals surface area contributed by atoms with Crippen LogP contribution in [0.1, 0.15) is 45.1 Å². The van der Waals surface area contributed by atoms with Crippen LogP contribution in [0.25, 0.3) is 0 Å². The molecule has 102 valence electrons. The molecule has 0 fully saturated rings. The maximum absolute atomic E-state index is 6.25. The number of hydrogen-bond donors (Lipinski definition) is 1. The van der Waals surface area contributed by atoms with Gasteiger partial charge in [0.15, 0.2) is 0 Å². The van der Waals surface area contributed by atoms with Crippen LogP contribution >= 0.6 is 11.6 Å². The normalized spacial score (nSPS) is 14.4. The summed E-state index contributed by atoms with van der Waals surface area (Å²) in [6.07, 6.45) is 6.16. The van der Waals surface area contributed by atoms with Gasteiger partial charge in [0.05, 0.1) is 0 Å². The van der Waals surface area contributed by atoms with Crippen LogP contribution in [0, 0.1) is 5.92 Å². The Hall–Kier alpha value is -0.530. The van der Waals surface area contributed by atoms with Gasteiger partial charge in [0.25, 0.3) is 0 Å². The lowest BCUT2D eigenvalue weighted by Crippen LogP contribution is -2.35. The van der Waals surface area contributed by atoms with Gasteiger partial charge in [-0.2, -0.15) is 0 Å². The molecule has 2 atom stereocenters. The highest BCUT2D eigenvalue weighted by Gasteiger charge is 2.19. The molecule has 0 heterocycles. The second-order valence-corrected chi connectivity index (χ2v) is 5.41. The highest BCUT2D eigenvalue weighted by molar-refractivity contribution is 6.31. The number of unbranched alkanes of at least 4 members (excludes halogenated alkanes) is 1. The van der Waals surface area contributed by atoms with Gasteiger partial charge in [-0.05, 0) is 37.4 Å². The van der Waals surface area contributed by atoms with E-state index in [0.717, 1.165) is 17.4 Å². The number of likely N-dealkylation sites (N-methyl/N-ethyl adjacent to an activating group) is 1. The van der Waals surface area contributed by atoms with E-state index in [-0.39, 0.29) is 0 Å². The van der Waals surface area contributed by atoms with Gasteiger partial charge in [0.1, 0.15) is 0 Å². The number of nitrogens with one attached hydrogen (secondary N) is 1. The number of rotatable bonds is 8. The molecule has 0 aromatic heterocycles. The summed E-state index contributed by atoms with van der Waals surface area (Å²) in [6, 6.07) is 8.71. The molecule has 2 unspecified atom stereocenters. The Kier molecular flexibility index (Phi) is 7.38. The largest absolute Gasteiger partial charge is 0.316 e. The fourth-order valence-corrected chi connectivity index (χ4v) is 2.77. The Bertz CT molecular complexity index is 338. The molecule has 1 N–H and O–H groups in total. The molecule has 1 rings (SSSR count). The van der Waals surface area contributed by atoms with Gasteiger partial charge in [0.2, 0.25) is 0 Å². The fraction of sp³-hybridized carbons (Fsp3) is 0.625. The zero-order valence-corrected chi connectivity index (χ0v) is 12.6. The molecule has 0 spiro atoms. The van der Waals surface area contributed by atoms with Crippen LogP contribution in [-0.2, 0) is 6.42 Å². The monoisotopic (exact) mass is 267 g/mol. The summed E-state index contributed by atoms with van der Waals surface area (Å²) < 4.78 is 0. The van der Waals surface area contributed by atoms with Crippen LogP contribution in [-0.4, -0.2) is 13.1 Å². The molecule has 0 saturated carbocycles. The molecule has 0 aliphatic heterocycles. The second-order valence-electron chi connectivity index (χ2n) is 5.00. The number of hydrogen-bond acceptors (Lipinski definition) is 1. The first kappa shape index (κ1) is 15.5. The molecule has 1 aromatic rings. The lowest BCUT2D eigenvalue weighted by molar-refractivity contribution is 0.330. The van der Waals surface area contributed by atoms with E-state index in [1.807, 2.05) is 12.1 Å². The molecule has 0 aliphatic rings. The van der Waals surface area contributed by atoms with E-state index < -0.39 is 0 Å². The zero-order valence-electron chi connectivity index (χ0n) is 11.9. The lowest BCUT2D eigenvalue weighted by atomic mass is 9.87. The number of benzene rings is 1. The summed E-state index contributed by atoms with van der Waals surface area (Å²) in [5, 5.41) is 4.37. The van der Waals surface area contributed by atoms with Gasteiger partial charge in [-0.1, -0.05) is 62.9 Å². The van der Waals surface area contributed by atoms with Crippen molar-refractivity contribution < 1.29 is 0 Å². The third-order valence-corrected chi connectivity index (χ3v) is 4.16. The van der Waals surface area contributed by atoms with E-state index in [1.54, 1.807) is 0 Å². The average molecular weight is 268 g/mol. The first-order valence-corrected chi connectivity index (χ1v) is 7.51. The first-order chi connectivity index (χ1) is 8.72. The van der Waals surface area contributed by atoms with E-state index in [4.69, 9.17) is 11.6 Å². The third kappa shape index (κ3) is 4.62. The standard InChI is InChI=1S/C16H26ClN/c1-4-6-9-13(5-2)16(18-3)12-14-10-7-8-11-15(14)17/h7-8,10-11,13,16,18H,4-6,9,12H2,1-3H3. The van der Waals surface area contributed by atoms with Gasteiger partial charge < -0.3 is 5.32 Å². The van der Waals surface area contributed by atoms with Crippen LogP contribution in [0.4, 0.5) is 0 Å². The topological polar surface area (TPSA) is 12.0 Å². The molecule has 0 bridgehead atoms. The van der Waals surface area contributed by atoms with Gasteiger partial charge in [0, 0.05) is 11.1 Å². The molecule has 1 nitrogen and oxygen atoms in total. The van der Waals surface area contributed by atoms with Crippen molar-refractivity contribution in [2.75, 3.05) is 7.05 Å². The Balaban J connectivity index is 2.67. The maximum Gasteiger partial charge on any atom is 0.0438 e. The summed E-state index contributed by atoms with van der Waals surface area (Å²) in [6.45, 7) is 4.55. The smallest absolute Gasteiger partial charge is 0.0438 e. The predicted octanol–water partition coefficient (Wildman–Crippen LogP) is 4.69. The van der Waals surface area contributed by atoms with Crippen LogP contribution in [0.2, 0.25) is 5.02 Å². The predicted molar refractivity (Wildman–Crippen MR) is 81.3 cm³/mol. The third-order valence-electron chi connectivity index (χ3n) is 3.79. The molecule has 0 aliphatic carbocycles.